The number of benzene rings is 2. The average Bonchev–Trinajstić information content (AvgIpc) is 3.27. The molecule has 1 atom stereocenters. The highest BCUT2D eigenvalue weighted by atomic mass is 16.5. The summed E-state index contributed by atoms with van der Waals surface area (Å²) in [4.78, 5) is 34.8. The third-order valence-electron chi connectivity index (χ3n) is 6.00. The Morgan fingerprint density at radius 3 is 2.40 bits per heavy atom. The van der Waals surface area contributed by atoms with Crippen molar-refractivity contribution >= 4 is 34.3 Å². The van der Waals surface area contributed by atoms with Gasteiger partial charge in [-0.15, -0.1) is 0 Å². The van der Waals surface area contributed by atoms with Crippen LogP contribution in [-0.4, -0.2) is 54.0 Å². The lowest BCUT2D eigenvalue weighted by atomic mass is 10.2. The first kappa shape index (κ1) is 22.5. The fraction of sp³-hybridized carbons (Fsp3) is 0.222. The van der Waals surface area contributed by atoms with Crippen molar-refractivity contribution in [2.75, 3.05) is 36.4 Å². The predicted octanol–water partition coefficient (Wildman–Crippen LogP) is 4.20. The lowest BCUT2D eigenvalue weighted by molar-refractivity contribution is -0.122. The second kappa shape index (κ2) is 9.89. The normalized spacial score (nSPS) is 14.5. The molecular weight excluding hydrogens is 444 g/mol. The summed E-state index contributed by atoms with van der Waals surface area (Å²) in [6.07, 6.45) is 0.995. The van der Waals surface area contributed by atoms with Crippen LogP contribution < -0.4 is 15.0 Å². The van der Waals surface area contributed by atoms with Crippen LogP contribution in [0.3, 0.4) is 0 Å². The minimum absolute atomic E-state index is 0.123. The minimum Gasteiger partial charge on any atom is -0.481 e. The number of hydrogen-bond donors (Lipinski definition) is 1. The molecule has 1 saturated heterocycles. The number of ether oxygens (including phenoxy) is 1. The molecule has 1 aliphatic heterocycles. The Balaban J connectivity index is 1.34. The van der Waals surface area contributed by atoms with Gasteiger partial charge in [0.25, 0.3) is 11.8 Å². The van der Waals surface area contributed by atoms with Crippen LogP contribution in [0.1, 0.15) is 17.5 Å². The lowest BCUT2D eigenvalue weighted by Crippen LogP contribution is -2.49. The molecular formula is C27H26N4O4. The molecule has 4 aromatic rings. The maximum absolute atomic E-state index is 13.5. The number of nitrogens with one attached hydrogen (secondary N) is 1. The fourth-order valence-electron chi connectivity index (χ4n) is 4.12. The molecule has 5 rings (SSSR count). The van der Waals surface area contributed by atoms with Crippen LogP contribution in [0.4, 0.5) is 11.5 Å². The zero-order valence-electron chi connectivity index (χ0n) is 19.4. The van der Waals surface area contributed by atoms with Crippen LogP contribution in [0.15, 0.2) is 83.4 Å². The highest BCUT2D eigenvalue weighted by Crippen LogP contribution is 2.32. The Morgan fingerprint density at radius 2 is 1.66 bits per heavy atom. The zero-order chi connectivity index (χ0) is 24.2. The zero-order valence-corrected chi connectivity index (χ0v) is 19.4. The fourth-order valence-corrected chi connectivity index (χ4v) is 4.12. The highest BCUT2D eigenvalue weighted by Gasteiger charge is 2.30. The molecule has 2 aromatic carbocycles. The molecule has 1 unspecified atom stereocenters. The first-order valence-electron chi connectivity index (χ1n) is 11.6. The SMILES string of the molecule is CC(Oc1ccccc1)C(=O)Nc1c(C(=O)N2CCN(c3ccccn3)CC2)oc2ccccc12. The molecule has 0 saturated carbocycles. The summed E-state index contributed by atoms with van der Waals surface area (Å²) in [6, 6.07) is 22.2. The molecule has 2 aromatic heterocycles. The third-order valence-corrected chi connectivity index (χ3v) is 6.00. The second-order valence-electron chi connectivity index (χ2n) is 8.33. The van der Waals surface area contributed by atoms with Crippen molar-refractivity contribution in [1.29, 1.82) is 0 Å². The Morgan fingerprint density at radius 1 is 0.943 bits per heavy atom. The number of furan rings is 1. The van der Waals surface area contributed by atoms with E-state index in [4.69, 9.17) is 9.15 Å². The van der Waals surface area contributed by atoms with E-state index in [0.29, 0.717) is 48.6 Å². The molecule has 1 N–H and O–H groups in total. The Labute approximate surface area is 203 Å². The number of carbonyl (C=O) groups excluding carboxylic acids is 2. The number of pyridine rings is 1. The van der Waals surface area contributed by atoms with Gasteiger partial charge in [-0.3, -0.25) is 9.59 Å². The van der Waals surface area contributed by atoms with E-state index in [1.807, 2.05) is 54.6 Å². The van der Waals surface area contributed by atoms with Gasteiger partial charge in [-0.2, -0.15) is 0 Å². The smallest absolute Gasteiger partial charge is 0.291 e. The van der Waals surface area contributed by atoms with Crippen molar-refractivity contribution in [3.8, 4) is 5.75 Å². The highest BCUT2D eigenvalue weighted by molar-refractivity contribution is 6.11. The molecule has 1 aliphatic rings. The molecule has 8 nitrogen and oxygen atoms in total. The number of amides is 2. The van der Waals surface area contributed by atoms with E-state index in [0.717, 1.165) is 5.82 Å². The minimum atomic E-state index is -0.768. The molecule has 0 bridgehead atoms. The largest absolute Gasteiger partial charge is 0.481 e. The van der Waals surface area contributed by atoms with E-state index in [9.17, 15) is 9.59 Å². The summed E-state index contributed by atoms with van der Waals surface area (Å²) >= 11 is 0. The van der Waals surface area contributed by atoms with E-state index in [-0.39, 0.29) is 17.6 Å². The maximum atomic E-state index is 13.5. The standard InChI is InChI=1S/C27H26N4O4/c1-19(34-20-9-3-2-4-10-20)26(32)29-24-21-11-5-6-12-22(21)35-25(24)27(33)31-17-15-30(16-18-31)23-13-7-8-14-28-23/h2-14,19H,15-18H2,1H3,(H,29,32). The summed E-state index contributed by atoms with van der Waals surface area (Å²) in [7, 11) is 0. The van der Waals surface area contributed by atoms with Crippen LogP contribution in [0.5, 0.6) is 5.75 Å². The number of para-hydroxylation sites is 2. The number of piperazine rings is 1. The second-order valence-corrected chi connectivity index (χ2v) is 8.33. The number of nitrogens with zero attached hydrogens (tertiary/aromatic N) is 3. The summed E-state index contributed by atoms with van der Waals surface area (Å²) in [5, 5.41) is 3.55. The third kappa shape index (κ3) is 4.82. The first-order valence-corrected chi connectivity index (χ1v) is 11.6. The number of fused-ring (bicyclic) bond motifs is 1. The number of carbonyl (C=O) groups is 2. The van der Waals surface area contributed by atoms with Crippen LogP contribution in [0.2, 0.25) is 0 Å². The molecule has 0 spiro atoms. The predicted molar refractivity (Wildman–Crippen MR) is 134 cm³/mol. The molecule has 178 valence electrons. The molecule has 0 aliphatic carbocycles. The molecule has 2 amide bonds. The van der Waals surface area contributed by atoms with Gasteiger partial charge in [-0.25, -0.2) is 4.98 Å². The van der Waals surface area contributed by atoms with Crippen molar-refractivity contribution < 1.29 is 18.7 Å². The molecule has 1 fully saturated rings. The van der Waals surface area contributed by atoms with Crippen LogP contribution in [0.25, 0.3) is 11.0 Å². The lowest BCUT2D eigenvalue weighted by Gasteiger charge is -2.35. The van der Waals surface area contributed by atoms with E-state index in [1.54, 1.807) is 36.2 Å². The molecule has 35 heavy (non-hydrogen) atoms. The van der Waals surface area contributed by atoms with Crippen molar-refractivity contribution in [3.63, 3.8) is 0 Å². The van der Waals surface area contributed by atoms with Gasteiger partial charge in [0, 0.05) is 37.8 Å². The van der Waals surface area contributed by atoms with Crippen molar-refractivity contribution in [1.82, 2.24) is 9.88 Å². The van der Waals surface area contributed by atoms with Gasteiger partial charge in [0.05, 0.1) is 0 Å². The summed E-state index contributed by atoms with van der Waals surface area (Å²) < 4.78 is 11.7. The first-order chi connectivity index (χ1) is 17.1. The van der Waals surface area contributed by atoms with Gasteiger partial charge >= 0.3 is 0 Å². The number of hydrogen-bond acceptors (Lipinski definition) is 6. The van der Waals surface area contributed by atoms with E-state index >= 15 is 0 Å². The van der Waals surface area contributed by atoms with Crippen molar-refractivity contribution in [3.05, 3.63) is 84.8 Å². The van der Waals surface area contributed by atoms with E-state index < -0.39 is 6.10 Å². The summed E-state index contributed by atoms with van der Waals surface area (Å²) in [5.41, 5.74) is 0.904. The Hall–Kier alpha value is -4.33. The van der Waals surface area contributed by atoms with Crippen LogP contribution >= 0.6 is 0 Å². The summed E-state index contributed by atoms with van der Waals surface area (Å²) in [6.45, 7) is 4.03. The maximum Gasteiger partial charge on any atom is 0.291 e. The van der Waals surface area contributed by atoms with Gasteiger partial charge in [-0.05, 0) is 43.3 Å². The van der Waals surface area contributed by atoms with Gasteiger partial charge in [0.1, 0.15) is 22.8 Å². The van der Waals surface area contributed by atoms with Gasteiger partial charge in [0.2, 0.25) is 5.76 Å². The van der Waals surface area contributed by atoms with E-state index in [2.05, 4.69) is 15.2 Å². The van der Waals surface area contributed by atoms with Crippen LogP contribution in [-0.2, 0) is 4.79 Å². The van der Waals surface area contributed by atoms with Crippen LogP contribution in [0, 0.1) is 0 Å². The van der Waals surface area contributed by atoms with Crippen molar-refractivity contribution in [2.45, 2.75) is 13.0 Å². The van der Waals surface area contributed by atoms with Gasteiger partial charge in [0.15, 0.2) is 6.10 Å². The molecule has 0 radical (unpaired) electrons. The number of anilines is 2. The molecule has 3 heterocycles. The van der Waals surface area contributed by atoms with Crippen molar-refractivity contribution in [2.24, 2.45) is 0 Å². The van der Waals surface area contributed by atoms with E-state index in [1.165, 1.54) is 0 Å². The molecule has 8 heteroatoms. The Kier molecular flexibility index (Phi) is 6.34. The Bertz CT molecular complexity index is 1320. The monoisotopic (exact) mass is 470 g/mol. The summed E-state index contributed by atoms with van der Waals surface area (Å²) in [5.74, 6) is 0.985. The number of rotatable bonds is 6. The van der Waals surface area contributed by atoms with Gasteiger partial charge in [-0.1, -0.05) is 36.4 Å². The average molecular weight is 471 g/mol. The topological polar surface area (TPSA) is 87.9 Å². The number of aromatic nitrogens is 1. The van der Waals surface area contributed by atoms with Gasteiger partial charge < -0.3 is 24.3 Å². The quantitative estimate of drug-likeness (QED) is 0.455.